The van der Waals surface area contributed by atoms with Gasteiger partial charge in [-0.3, -0.25) is 9.59 Å². The van der Waals surface area contributed by atoms with E-state index in [-0.39, 0.29) is 24.7 Å². The van der Waals surface area contributed by atoms with E-state index in [0.29, 0.717) is 22.5 Å². The Kier molecular flexibility index (Phi) is 6.88. The molecule has 0 spiro atoms. The second-order valence-electron chi connectivity index (χ2n) is 5.90. The average molecular weight is 362 g/mol. The van der Waals surface area contributed by atoms with Crippen LogP contribution >= 0.6 is 11.3 Å². The molecule has 2 rings (SSSR count). The van der Waals surface area contributed by atoms with E-state index in [0.717, 1.165) is 11.4 Å². The number of carbonyl (C=O) groups is 2. The van der Waals surface area contributed by atoms with Crippen LogP contribution in [-0.4, -0.2) is 29.1 Å². The molecular weight excluding hydrogens is 340 g/mol. The Labute approximate surface area is 150 Å². The number of nitrogens with one attached hydrogen (secondary N) is 2. The van der Waals surface area contributed by atoms with Gasteiger partial charge < -0.3 is 15.4 Å². The van der Waals surface area contributed by atoms with Crippen LogP contribution in [0.25, 0.3) is 0 Å². The predicted octanol–water partition coefficient (Wildman–Crippen LogP) is 3.10. The maximum absolute atomic E-state index is 12.0. The van der Waals surface area contributed by atoms with Crippen molar-refractivity contribution in [1.29, 1.82) is 0 Å². The highest BCUT2D eigenvalue weighted by Crippen LogP contribution is 2.23. The third-order valence-corrected chi connectivity index (χ3v) is 4.12. The lowest BCUT2D eigenvalue weighted by Crippen LogP contribution is -2.17. The van der Waals surface area contributed by atoms with Crippen molar-refractivity contribution in [2.24, 2.45) is 5.92 Å². The molecule has 1 aromatic heterocycles. The minimum atomic E-state index is -0.262. The van der Waals surface area contributed by atoms with Gasteiger partial charge in [0.15, 0.2) is 0 Å². The summed E-state index contributed by atoms with van der Waals surface area (Å²) in [6, 6.07) is 7.12. The number of benzene rings is 1. The summed E-state index contributed by atoms with van der Waals surface area (Å²) in [7, 11) is 1.54. The molecule has 0 saturated carbocycles. The molecule has 2 amide bonds. The summed E-state index contributed by atoms with van der Waals surface area (Å²) in [5, 5.41) is 14.8. The highest BCUT2D eigenvalue weighted by Gasteiger charge is 2.12. The molecule has 0 atom stereocenters. The van der Waals surface area contributed by atoms with Crippen LogP contribution in [0.1, 0.15) is 31.7 Å². The molecule has 25 heavy (non-hydrogen) atoms. The molecule has 0 aliphatic heterocycles. The standard InChI is InChI=1S/C17H22N4O3S/c1-11(2)10-16-20-21-17(25-16)19-15(23)9-8-14(22)18-12-6-4-5-7-13(12)24-3/h4-7,11H,8-10H2,1-3H3,(H,18,22)(H,19,21,23). The first-order chi connectivity index (χ1) is 12.0. The van der Waals surface area contributed by atoms with Crippen molar-refractivity contribution in [3.63, 3.8) is 0 Å². The Balaban J connectivity index is 1.79. The molecule has 1 aromatic carbocycles. The van der Waals surface area contributed by atoms with E-state index < -0.39 is 0 Å². The van der Waals surface area contributed by atoms with Crippen molar-refractivity contribution in [1.82, 2.24) is 10.2 Å². The fourth-order valence-electron chi connectivity index (χ4n) is 2.11. The lowest BCUT2D eigenvalue weighted by atomic mass is 10.1. The maximum atomic E-state index is 12.0. The Bertz CT molecular complexity index is 730. The number of anilines is 2. The summed E-state index contributed by atoms with van der Waals surface area (Å²) >= 11 is 1.36. The van der Waals surface area contributed by atoms with Crippen LogP contribution in [0, 0.1) is 5.92 Å². The van der Waals surface area contributed by atoms with Crippen molar-refractivity contribution in [2.75, 3.05) is 17.7 Å². The fraction of sp³-hybridized carbons (Fsp3) is 0.412. The monoisotopic (exact) mass is 362 g/mol. The number of ether oxygens (including phenoxy) is 1. The smallest absolute Gasteiger partial charge is 0.226 e. The van der Waals surface area contributed by atoms with Gasteiger partial charge in [-0.25, -0.2) is 0 Å². The van der Waals surface area contributed by atoms with Crippen LogP contribution in [0.4, 0.5) is 10.8 Å². The van der Waals surface area contributed by atoms with Gasteiger partial charge >= 0.3 is 0 Å². The molecule has 7 nitrogen and oxygen atoms in total. The van der Waals surface area contributed by atoms with Gasteiger partial charge in [0.1, 0.15) is 10.8 Å². The van der Waals surface area contributed by atoms with Crippen LogP contribution in [0.5, 0.6) is 5.75 Å². The summed E-state index contributed by atoms with van der Waals surface area (Å²) in [6.45, 7) is 4.19. The number of methoxy groups -OCH3 is 1. The molecule has 0 saturated heterocycles. The van der Waals surface area contributed by atoms with Crippen LogP contribution in [0.2, 0.25) is 0 Å². The lowest BCUT2D eigenvalue weighted by molar-refractivity contribution is -0.121. The molecule has 0 bridgehead atoms. The highest BCUT2D eigenvalue weighted by molar-refractivity contribution is 7.15. The van der Waals surface area contributed by atoms with E-state index in [4.69, 9.17) is 4.74 Å². The molecular formula is C17H22N4O3S. The van der Waals surface area contributed by atoms with Crippen molar-refractivity contribution in [2.45, 2.75) is 33.1 Å². The number of hydrogen-bond acceptors (Lipinski definition) is 6. The second-order valence-corrected chi connectivity index (χ2v) is 6.96. The van der Waals surface area contributed by atoms with Crippen molar-refractivity contribution < 1.29 is 14.3 Å². The second kappa shape index (κ2) is 9.12. The number of carbonyl (C=O) groups excluding carboxylic acids is 2. The van der Waals surface area contributed by atoms with Crippen molar-refractivity contribution >= 4 is 34.0 Å². The number of rotatable bonds is 8. The quantitative estimate of drug-likeness (QED) is 0.753. The molecule has 0 aliphatic rings. The lowest BCUT2D eigenvalue weighted by Gasteiger charge is -2.09. The molecule has 8 heteroatoms. The van der Waals surface area contributed by atoms with Gasteiger partial charge in [0.2, 0.25) is 16.9 Å². The van der Waals surface area contributed by atoms with Crippen molar-refractivity contribution in [3.8, 4) is 5.75 Å². The Morgan fingerprint density at radius 2 is 1.80 bits per heavy atom. The van der Waals surface area contributed by atoms with Crippen LogP contribution in [0.15, 0.2) is 24.3 Å². The number of para-hydroxylation sites is 2. The minimum absolute atomic E-state index is 0.0695. The number of aromatic nitrogens is 2. The van der Waals surface area contributed by atoms with E-state index in [9.17, 15) is 9.59 Å². The van der Waals surface area contributed by atoms with E-state index >= 15 is 0 Å². The van der Waals surface area contributed by atoms with Crippen LogP contribution in [-0.2, 0) is 16.0 Å². The average Bonchev–Trinajstić information content (AvgIpc) is 2.99. The summed E-state index contributed by atoms with van der Waals surface area (Å²) in [5.74, 6) is 0.543. The molecule has 0 unspecified atom stereocenters. The molecule has 1 heterocycles. The van der Waals surface area contributed by atoms with Gasteiger partial charge in [-0.1, -0.05) is 37.3 Å². The molecule has 2 N–H and O–H groups in total. The number of hydrogen-bond donors (Lipinski definition) is 2. The molecule has 134 valence electrons. The topological polar surface area (TPSA) is 93.2 Å². The largest absolute Gasteiger partial charge is 0.495 e. The van der Waals surface area contributed by atoms with Gasteiger partial charge in [0, 0.05) is 19.3 Å². The van der Waals surface area contributed by atoms with Gasteiger partial charge in [-0.2, -0.15) is 0 Å². The maximum Gasteiger partial charge on any atom is 0.226 e. The van der Waals surface area contributed by atoms with Crippen LogP contribution in [0.3, 0.4) is 0 Å². The zero-order chi connectivity index (χ0) is 18.2. The van der Waals surface area contributed by atoms with Crippen molar-refractivity contribution in [3.05, 3.63) is 29.3 Å². The fourth-order valence-corrected chi connectivity index (χ4v) is 3.07. The Morgan fingerprint density at radius 3 is 2.48 bits per heavy atom. The van der Waals surface area contributed by atoms with Gasteiger partial charge in [-0.15, -0.1) is 10.2 Å². The third-order valence-electron chi connectivity index (χ3n) is 3.26. The summed E-state index contributed by atoms with van der Waals surface area (Å²) in [5.41, 5.74) is 0.581. The SMILES string of the molecule is COc1ccccc1NC(=O)CCC(=O)Nc1nnc(CC(C)C)s1. The summed E-state index contributed by atoms with van der Waals surface area (Å²) in [6.07, 6.45) is 0.969. The Morgan fingerprint density at radius 1 is 1.12 bits per heavy atom. The van der Waals surface area contributed by atoms with E-state index in [1.807, 2.05) is 6.07 Å². The molecule has 0 fully saturated rings. The zero-order valence-corrected chi connectivity index (χ0v) is 15.4. The zero-order valence-electron chi connectivity index (χ0n) is 14.5. The normalized spacial score (nSPS) is 10.6. The van der Waals surface area contributed by atoms with E-state index in [1.165, 1.54) is 18.4 Å². The van der Waals surface area contributed by atoms with Crippen LogP contribution < -0.4 is 15.4 Å². The van der Waals surface area contributed by atoms with E-state index in [2.05, 4.69) is 34.7 Å². The molecule has 0 radical (unpaired) electrons. The molecule has 0 aliphatic carbocycles. The Hall–Kier alpha value is -2.48. The molecule has 2 aromatic rings. The van der Waals surface area contributed by atoms with Gasteiger partial charge in [-0.05, 0) is 18.1 Å². The first-order valence-electron chi connectivity index (χ1n) is 8.03. The summed E-state index contributed by atoms with van der Waals surface area (Å²) < 4.78 is 5.17. The highest BCUT2D eigenvalue weighted by atomic mass is 32.1. The van der Waals surface area contributed by atoms with E-state index in [1.54, 1.807) is 18.2 Å². The van der Waals surface area contributed by atoms with Gasteiger partial charge in [0.25, 0.3) is 0 Å². The first-order valence-corrected chi connectivity index (χ1v) is 8.84. The van der Waals surface area contributed by atoms with Gasteiger partial charge in [0.05, 0.1) is 12.8 Å². The first kappa shape index (κ1) is 18.9. The minimum Gasteiger partial charge on any atom is -0.495 e. The summed E-state index contributed by atoms with van der Waals surface area (Å²) in [4.78, 5) is 23.9. The third kappa shape index (κ3) is 6.15. The number of amides is 2. The number of nitrogens with zero attached hydrogens (tertiary/aromatic N) is 2. The predicted molar refractivity (Wildman–Crippen MR) is 97.9 cm³/mol.